The predicted molar refractivity (Wildman–Crippen MR) is 97.5 cm³/mol. The minimum absolute atomic E-state index is 0.310. The summed E-state index contributed by atoms with van der Waals surface area (Å²) in [5, 5.41) is 17.0. The molecule has 7 nitrogen and oxygen atoms in total. The summed E-state index contributed by atoms with van der Waals surface area (Å²) in [6.07, 6.45) is 0. The van der Waals surface area contributed by atoms with Crippen LogP contribution in [0.15, 0.2) is 59.4 Å². The van der Waals surface area contributed by atoms with Crippen LogP contribution in [-0.4, -0.2) is 27.9 Å². The summed E-state index contributed by atoms with van der Waals surface area (Å²) in [4.78, 5) is 24.7. The number of ether oxygens (including phenoxy) is 1. The highest BCUT2D eigenvalue weighted by atomic mass is 35.5. The summed E-state index contributed by atoms with van der Waals surface area (Å²) in [6, 6.07) is 14.1. The van der Waals surface area contributed by atoms with Crippen molar-refractivity contribution in [1.29, 1.82) is 0 Å². The minimum atomic E-state index is -0.687. The number of para-hydroxylation sites is 2. The number of methoxy groups -OCH3 is 1. The average molecular weight is 372 g/mol. The first kappa shape index (κ1) is 17.5. The lowest BCUT2D eigenvalue weighted by molar-refractivity contribution is 0.101. The number of amides is 1. The van der Waals surface area contributed by atoms with Crippen molar-refractivity contribution < 1.29 is 14.6 Å². The Morgan fingerprint density at radius 2 is 1.96 bits per heavy atom. The van der Waals surface area contributed by atoms with Crippen LogP contribution in [0.1, 0.15) is 10.5 Å². The summed E-state index contributed by atoms with van der Waals surface area (Å²) in [6.45, 7) is 0. The van der Waals surface area contributed by atoms with E-state index in [1.807, 2.05) is 0 Å². The SMILES string of the molecule is COc1ccccc1-n1nc(C(=O)Nc2cccc(Cl)c2)c(O)cc1=O. The summed E-state index contributed by atoms with van der Waals surface area (Å²) >= 11 is 5.89. The molecule has 0 aliphatic carbocycles. The van der Waals surface area contributed by atoms with Gasteiger partial charge in [-0.1, -0.05) is 29.8 Å². The van der Waals surface area contributed by atoms with Crippen molar-refractivity contribution in [2.45, 2.75) is 0 Å². The van der Waals surface area contributed by atoms with Gasteiger partial charge in [0, 0.05) is 16.8 Å². The Balaban J connectivity index is 2.03. The van der Waals surface area contributed by atoms with Crippen LogP contribution >= 0.6 is 11.6 Å². The largest absolute Gasteiger partial charge is 0.505 e. The number of nitrogens with zero attached hydrogens (tertiary/aromatic N) is 2. The maximum atomic E-state index is 12.5. The Kier molecular flexibility index (Phi) is 4.90. The van der Waals surface area contributed by atoms with Gasteiger partial charge in [0.2, 0.25) is 0 Å². The number of benzene rings is 2. The van der Waals surface area contributed by atoms with Crippen LogP contribution in [0.4, 0.5) is 5.69 Å². The monoisotopic (exact) mass is 371 g/mol. The summed E-state index contributed by atoms with van der Waals surface area (Å²) in [7, 11) is 1.46. The lowest BCUT2D eigenvalue weighted by atomic mass is 10.2. The summed E-state index contributed by atoms with van der Waals surface area (Å²) in [5.74, 6) is -0.817. The zero-order valence-corrected chi connectivity index (χ0v) is 14.4. The molecule has 0 atom stereocenters. The molecular weight excluding hydrogens is 358 g/mol. The van der Waals surface area contributed by atoms with Crippen LogP contribution in [-0.2, 0) is 0 Å². The maximum absolute atomic E-state index is 12.5. The molecule has 2 N–H and O–H groups in total. The molecule has 0 bridgehead atoms. The molecule has 132 valence electrons. The number of aromatic nitrogens is 2. The number of carbonyl (C=O) groups excluding carboxylic acids is 1. The van der Waals surface area contributed by atoms with E-state index in [2.05, 4.69) is 10.4 Å². The maximum Gasteiger partial charge on any atom is 0.279 e. The molecule has 0 saturated carbocycles. The van der Waals surface area contributed by atoms with E-state index < -0.39 is 17.2 Å². The molecule has 0 fully saturated rings. The molecular formula is C18H14ClN3O4. The number of anilines is 1. The van der Waals surface area contributed by atoms with Gasteiger partial charge in [0.15, 0.2) is 11.4 Å². The highest BCUT2D eigenvalue weighted by Gasteiger charge is 2.18. The van der Waals surface area contributed by atoms with Crippen molar-refractivity contribution in [2.24, 2.45) is 0 Å². The van der Waals surface area contributed by atoms with Crippen LogP contribution in [0.2, 0.25) is 5.02 Å². The fourth-order valence-corrected chi connectivity index (χ4v) is 2.53. The molecule has 8 heteroatoms. The first-order chi connectivity index (χ1) is 12.5. The Bertz CT molecular complexity index is 1030. The van der Waals surface area contributed by atoms with Gasteiger partial charge in [-0.05, 0) is 30.3 Å². The van der Waals surface area contributed by atoms with E-state index >= 15 is 0 Å². The second-order valence-electron chi connectivity index (χ2n) is 5.26. The smallest absolute Gasteiger partial charge is 0.279 e. The van der Waals surface area contributed by atoms with E-state index in [9.17, 15) is 14.7 Å². The Hall–Kier alpha value is -3.32. The molecule has 26 heavy (non-hydrogen) atoms. The van der Waals surface area contributed by atoms with Gasteiger partial charge in [0.25, 0.3) is 11.5 Å². The number of carbonyl (C=O) groups is 1. The third kappa shape index (κ3) is 3.52. The van der Waals surface area contributed by atoms with Gasteiger partial charge in [-0.25, -0.2) is 0 Å². The molecule has 1 amide bonds. The van der Waals surface area contributed by atoms with Gasteiger partial charge in [0.1, 0.15) is 11.4 Å². The second-order valence-corrected chi connectivity index (χ2v) is 5.70. The normalized spacial score (nSPS) is 10.4. The zero-order valence-electron chi connectivity index (χ0n) is 13.6. The van der Waals surface area contributed by atoms with Gasteiger partial charge in [-0.3, -0.25) is 9.59 Å². The van der Waals surface area contributed by atoms with Crippen molar-refractivity contribution in [1.82, 2.24) is 9.78 Å². The van der Waals surface area contributed by atoms with E-state index in [1.54, 1.807) is 48.5 Å². The number of hydrogen-bond donors (Lipinski definition) is 2. The van der Waals surface area contributed by atoms with Crippen molar-refractivity contribution >= 4 is 23.2 Å². The molecule has 0 aliphatic heterocycles. The predicted octanol–water partition coefficient (Wildman–Crippen LogP) is 2.85. The summed E-state index contributed by atoms with van der Waals surface area (Å²) < 4.78 is 6.21. The fourth-order valence-electron chi connectivity index (χ4n) is 2.34. The zero-order chi connectivity index (χ0) is 18.7. The van der Waals surface area contributed by atoms with Crippen LogP contribution < -0.4 is 15.6 Å². The lowest BCUT2D eigenvalue weighted by Crippen LogP contribution is -2.25. The quantitative estimate of drug-likeness (QED) is 0.735. The molecule has 0 aliphatic rings. The standard InChI is InChI=1S/C18H14ClN3O4/c1-26-15-8-3-2-7-13(15)22-16(24)10-14(23)17(21-22)18(25)20-12-6-4-5-11(19)9-12/h2-10,23H,1H3,(H,20,25). The van der Waals surface area contributed by atoms with Crippen LogP contribution in [0, 0.1) is 0 Å². The van der Waals surface area contributed by atoms with Crippen LogP contribution in [0.25, 0.3) is 5.69 Å². The molecule has 2 aromatic carbocycles. The molecule has 0 radical (unpaired) electrons. The van der Waals surface area contributed by atoms with Gasteiger partial charge < -0.3 is 15.2 Å². The second kappa shape index (κ2) is 7.28. The topological polar surface area (TPSA) is 93.5 Å². The molecule has 0 saturated heterocycles. The Labute approximate surface area is 153 Å². The third-order valence-electron chi connectivity index (χ3n) is 3.52. The minimum Gasteiger partial charge on any atom is -0.505 e. The lowest BCUT2D eigenvalue weighted by Gasteiger charge is -2.12. The number of aromatic hydroxyl groups is 1. The fraction of sp³-hybridized carbons (Fsp3) is 0.0556. The van der Waals surface area contributed by atoms with Gasteiger partial charge in [-0.2, -0.15) is 9.78 Å². The average Bonchev–Trinajstić information content (AvgIpc) is 2.61. The van der Waals surface area contributed by atoms with Crippen molar-refractivity contribution in [3.63, 3.8) is 0 Å². The van der Waals surface area contributed by atoms with Crippen LogP contribution in [0.5, 0.6) is 11.5 Å². The summed E-state index contributed by atoms with van der Waals surface area (Å²) in [5.41, 5.74) is -0.141. The van der Waals surface area contributed by atoms with E-state index in [-0.39, 0.29) is 5.69 Å². The Morgan fingerprint density at radius 3 is 2.69 bits per heavy atom. The van der Waals surface area contributed by atoms with Gasteiger partial charge in [-0.15, -0.1) is 0 Å². The third-order valence-corrected chi connectivity index (χ3v) is 3.76. The first-order valence-electron chi connectivity index (χ1n) is 7.53. The molecule has 0 spiro atoms. The van der Waals surface area contributed by atoms with Crippen molar-refractivity contribution in [3.8, 4) is 17.2 Å². The van der Waals surface area contributed by atoms with Gasteiger partial charge >= 0.3 is 0 Å². The van der Waals surface area contributed by atoms with Crippen LogP contribution in [0.3, 0.4) is 0 Å². The highest BCUT2D eigenvalue weighted by molar-refractivity contribution is 6.30. The molecule has 0 unspecified atom stereocenters. The van der Waals surface area contributed by atoms with Gasteiger partial charge in [0.05, 0.1) is 7.11 Å². The van der Waals surface area contributed by atoms with Crippen molar-refractivity contribution in [3.05, 3.63) is 75.7 Å². The Morgan fingerprint density at radius 1 is 1.19 bits per heavy atom. The van der Waals surface area contributed by atoms with E-state index in [0.29, 0.717) is 22.1 Å². The highest BCUT2D eigenvalue weighted by Crippen LogP contribution is 2.22. The number of rotatable bonds is 4. The van der Waals surface area contributed by atoms with E-state index in [0.717, 1.165) is 10.7 Å². The molecule has 1 aromatic heterocycles. The van der Waals surface area contributed by atoms with E-state index in [4.69, 9.17) is 16.3 Å². The molecule has 1 heterocycles. The number of hydrogen-bond acceptors (Lipinski definition) is 5. The number of nitrogens with one attached hydrogen (secondary N) is 1. The number of halogens is 1. The van der Waals surface area contributed by atoms with Crippen molar-refractivity contribution in [2.75, 3.05) is 12.4 Å². The molecule has 3 aromatic rings. The van der Waals surface area contributed by atoms with E-state index in [1.165, 1.54) is 7.11 Å². The first-order valence-corrected chi connectivity index (χ1v) is 7.91. The molecule has 3 rings (SSSR count).